The van der Waals surface area contributed by atoms with Gasteiger partial charge in [0, 0.05) is 25.2 Å². The van der Waals surface area contributed by atoms with Crippen LogP contribution in [0, 0.1) is 13.8 Å². The summed E-state index contributed by atoms with van der Waals surface area (Å²) in [5.41, 5.74) is 5.76. The standard InChI is InChI=1S/C25H31N3O2/c1-4-27-22-15-20(24(29)26-16-19-10-9-17(2)18(3)14-19)11-12-21(22)25(30)28-13-7-5-6-8-23(27)28/h9-12,14-15,23H,4-8,13,16H2,1-3H3,(H,26,29)/t23-/m1/s1. The maximum absolute atomic E-state index is 13.1. The maximum Gasteiger partial charge on any atom is 0.257 e. The zero-order valence-electron chi connectivity index (χ0n) is 18.2. The zero-order chi connectivity index (χ0) is 21.3. The molecule has 0 radical (unpaired) electrons. The first-order chi connectivity index (χ1) is 14.5. The van der Waals surface area contributed by atoms with Gasteiger partial charge in [0.1, 0.15) is 6.17 Å². The van der Waals surface area contributed by atoms with Crippen LogP contribution >= 0.6 is 0 Å². The molecular weight excluding hydrogens is 374 g/mol. The summed E-state index contributed by atoms with van der Waals surface area (Å²) in [6, 6.07) is 11.7. The van der Waals surface area contributed by atoms with Gasteiger partial charge < -0.3 is 15.1 Å². The second-order valence-electron chi connectivity index (χ2n) is 8.45. The minimum atomic E-state index is -0.108. The largest absolute Gasteiger partial charge is 0.351 e. The van der Waals surface area contributed by atoms with Gasteiger partial charge in [0.25, 0.3) is 11.8 Å². The van der Waals surface area contributed by atoms with Gasteiger partial charge in [-0.3, -0.25) is 9.59 Å². The lowest BCUT2D eigenvalue weighted by Crippen LogP contribution is -2.55. The molecule has 0 bridgehead atoms. The van der Waals surface area contributed by atoms with Crippen LogP contribution in [0.5, 0.6) is 0 Å². The van der Waals surface area contributed by atoms with Crippen molar-refractivity contribution in [2.45, 2.75) is 59.2 Å². The molecule has 30 heavy (non-hydrogen) atoms. The Balaban J connectivity index is 1.56. The topological polar surface area (TPSA) is 52.7 Å². The maximum atomic E-state index is 13.1. The van der Waals surface area contributed by atoms with Crippen molar-refractivity contribution in [2.24, 2.45) is 0 Å². The molecular formula is C25H31N3O2. The van der Waals surface area contributed by atoms with E-state index >= 15 is 0 Å². The number of nitrogens with zero attached hydrogens (tertiary/aromatic N) is 2. The third-order valence-electron chi connectivity index (χ3n) is 6.51. The second-order valence-corrected chi connectivity index (χ2v) is 8.45. The number of rotatable bonds is 4. The number of fused-ring (bicyclic) bond motifs is 2. The third kappa shape index (κ3) is 3.81. The Morgan fingerprint density at radius 1 is 1.07 bits per heavy atom. The average molecular weight is 406 g/mol. The van der Waals surface area contributed by atoms with E-state index in [1.165, 1.54) is 17.5 Å². The highest BCUT2D eigenvalue weighted by Crippen LogP contribution is 2.35. The van der Waals surface area contributed by atoms with Crippen molar-refractivity contribution in [1.82, 2.24) is 10.2 Å². The van der Waals surface area contributed by atoms with Gasteiger partial charge >= 0.3 is 0 Å². The first-order valence-corrected chi connectivity index (χ1v) is 11.1. The summed E-state index contributed by atoms with van der Waals surface area (Å²) in [4.78, 5) is 30.3. The van der Waals surface area contributed by atoms with Crippen LogP contribution in [-0.4, -0.2) is 36.0 Å². The highest BCUT2D eigenvalue weighted by Gasteiger charge is 2.37. The van der Waals surface area contributed by atoms with Crippen molar-refractivity contribution >= 4 is 17.5 Å². The lowest BCUT2D eigenvalue weighted by atomic mass is 10.0. The van der Waals surface area contributed by atoms with E-state index in [0.717, 1.165) is 43.6 Å². The van der Waals surface area contributed by atoms with Gasteiger partial charge in [0.15, 0.2) is 0 Å². The van der Waals surface area contributed by atoms with Crippen molar-refractivity contribution in [1.29, 1.82) is 0 Å². The van der Waals surface area contributed by atoms with Crippen LogP contribution in [0.2, 0.25) is 0 Å². The number of benzene rings is 2. The molecule has 1 saturated heterocycles. The highest BCUT2D eigenvalue weighted by molar-refractivity contribution is 6.04. The van der Waals surface area contributed by atoms with Gasteiger partial charge in [0.2, 0.25) is 0 Å². The van der Waals surface area contributed by atoms with E-state index in [1.54, 1.807) is 6.07 Å². The summed E-state index contributed by atoms with van der Waals surface area (Å²) < 4.78 is 0. The van der Waals surface area contributed by atoms with Gasteiger partial charge in [-0.25, -0.2) is 0 Å². The van der Waals surface area contributed by atoms with Gasteiger partial charge in [-0.15, -0.1) is 0 Å². The highest BCUT2D eigenvalue weighted by atomic mass is 16.2. The summed E-state index contributed by atoms with van der Waals surface area (Å²) in [5, 5.41) is 3.03. The number of hydrogen-bond donors (Lipinski definition) is 1. The van der Waals surface area contributed by atoms with Crippen LogP contribution in [0.25, 0.3) is 0 Å². The molecule has 1 N–H and O–H groups in total. The predicted molar refractivity (Wildman–Crippen MR) is 120 cm³/mol. The molecule has 158 valence electrons. The molecule has 2 amide bonds. The molecule has 5 nitrogen and oxygen atoms in total. The van der Waals surface area contributed by atoms with E-state index in [-0.39, 0.29) is 18.0 Å². The van der Waals surface area contributed by atoms with E-state index in [4.69, 9.17) is 0 Å². The number of amides is 2. The molecule has 2 aromatic rings. The van der Waals surface area contributed by atoms with Crippen molar-refractivity contribution in [2.75, 3.05) is 18.0 Å². The van der Waals surface area contributed by atoms with Gasteiger partial charge in [0.05, 0.1) is 11.3 Å². The van der Waals surface area contributed by atoms with Gasteiger partial charge in [-0.1, -0.05) is 24.6 Å². The van der Waals surface area contributed by atoms with E-state index in [1.807, 2.05) is 23.1 Å². The van der Waals surface area contributed by atoms with Crippen LogP contribution in [0.3, 0.4) is 0 Å². The predicted octanol–water partition coefficient (Wildman–Crippen LogP) is 4.42. The van der Waals surface area contributed by atoms with E-state index in [2.05, 4.69) is 43.1 Å². The Morgan fingerprint density at radius 3 is 2.67 bits per heavy atom. The lowest BCUT2D eigenvalue weighted by Gasteiger charge is -2.44. The molecule has 2 aliphatic heterocycles. The summed E-state index contributed by atoms with van der Waals surface area (Å²) in [6.07, 6.45) is 4.46. The Kier molecular flexibility index (Phi) is 5.80. The van der Waals surface area contributed by atoms with Crippen LogP contribution in [0.1, 0.15) is 70.0 Å². The molecule has 2 aromatic carbocycles. The molecule has 2 aliphatic rings. The van der Waals surface area contributed by atoms with Gasteiger partial charge in [-0.05, 0) is 74.9 Å². The number of anilines is 1. The molecule has 1 fully saturated rings. The minimum absolute atomic E-state index is 0.101. The molecule has 0 unspecified atom stereocenters. The normalized spacial score (nSPS) is 18.5. The van der Waals surface area contributed by atoms with Crippen LogP contribution in [-0.2, 0) is 6.54 Å². The number of nitrogens with one attached hydrogen (secondary N) is 1. The van der Waals surface area contributed by atoms with Crippen molar-refractivity contribution in [3.63, 3.8) is 0 Å². The molecule has 5 heteroatoms. The number of carbonyl (C=O) groups excluding carboxylic acids is 2. The third-order valence-corrected chi connectivity index (χ3v) is 6.51. The van der Waals surface area contributed by atoms with E-state index < -0.39 is 0 Å². The summed E-state index contributed by atoms with van der Waals surface area (Å²) in [7, 11) is 0. The summed E-state index contributed by atoms with van der Waals surface area (Å²) in [6.45, 7) is 8.41. The van der Waals surface area contributed by atoms with Crippen LogP contribution in [0.4, 0.5) is 5.69 Å². The first-order valence-electron chi connectivity index (χ1n) is 11.1. The molecule has 4 rings (SSSR count). The molecule has 0 aromatic heterocycles. The fraction of sp³-hybridized carbons (Fsp3) is 0.440. The number of hydrogen-bond acceptors (Lipinski definition) is 3. The molecule has 2 heterocycles. The smallest absolute Gasteiger partial charge is 0.257 e. The molecule has 0 aliphatic carbocycles. The molecule has 0 spiro atoms. The van der Waals surface area contributed by atoms with Crippen molar-refractivity contribution < 1.29 is 9.59 Å². The summed E-state index contributed by atoms with van der Waals surface area (Å²) in [5.74, 6) is -0.00786. The zero-order valence-corrected chi connectivity index (χ0v) is 18.2. The van der Waals surface area contributed by atoms with Crippen molar-refractivity contribution in [3.8, 4) is 0 Å². The monoisotopic (exact) mass is 405 g/mol. The minimum Gasteiger partial charge on any atom is -0.351 e. The molecule has 1 atom stereocenters. The first kappa shape index (κ1) is 20.5. The fourth-order valence-corrected chi connectivity index (χ4v) is 4.64. The SMILES string of the molecule is CCN1c2cc(C(=O)NCc3ccc(C)c(C)c3)ccc2C(=O)N2CCCCC[C@@H]21. The molecule has 0 saturated carbocycles. The Bertz CT molecular complexity index is 969. The average Bonchev–Trinajstić information content (AvgIpc) is 3.01. The van der Waals surface area contributed by atoms with Crippen LogP contribution < -0.4 is 10.2 Å². The number of aryl methyl sites for hydroxylation is 2. The quantitative estimate of drug-likeness (QED) is 0.819. The van der Waals surface area contributed by atoms with Crippen molar-refractivity contribution in [3.05, 3.63) is 64.2 Å². The van der Waals surface area contributed by atoms with E-state index in [0.29, 0.717) is 17.7 Å². The van der Waals surface area contributed by atoms with Gasteiger partial charge in [-0.2, -0.15) is 0 Å². The summed E-state index contributed by atoms with van der Waals surface area (Å²) >= 11 is 0. The number of carbonyl (C=O) groups is 2. The Morgan fingerprint density at radius 2 is 1.90 bits per heavy atom. The Hall–Kier alpha value is -2.82. The van der Waals surface area contributed by atoms with Crippen LogP contribution in [0.15, 0.2) is 36.4 Å². The second kappa shape index (κ2) is 8.50. The Labute approximate surface area is 179 Å². The van der Waals surface area contributed by atoms with E-state index in [9.17, 15) is 9.59 Å². The lowest BCUT2D eigenvalue weighted by molar-refractivity contribution is 0.0656. The fourth-order valence-electron chi connectivity index (χ4n) is 4.64.